The normalized spacial score (nSPS) is 17.5. The summed E-state index contributed by atoms with van der Waals surface area (Å²) >= 11 is 12.0. The molecule has 5 nitrogen and oxygen atoms in total. The number of nitrogens with one attached hydrogen (secondary N) is 1. The van der Waals surface area contributed by atoms with Gasteiger partial charge in [-0.2, -0.15) is 0 Å². The van der Waals surface area contributed by atoms with Gasteiger partial charge in [0.15, 0.2) is 0 Å². The number of hydrogen-bond donors (Lipinski definition) is 1. The van der Waals surface area contributed by atoms with Crippen molar-refractivity contribution in [1.82, 2.24) is 10.2 Å². The quantitative estimate of drug-likeness (QED) is 0.779. The van der Waals surface area contributed by atoms with E-state index in [0.29, 0.717) is 41.8 Å². The highest BCUT2D eigenvalue weighted by Crippen LogP contribution is 2.31. The minimum atomic E-state index is -0.0545. The number of amides is 2. The van der Waals surface area contributed by atoms with Crippen LogP contribution in [0.4, 0.5) is 0 Å². The van der Waals surface area contributed by atoms with E-state index in [1.165, 1.54) is 6.92 Å². The van der Waals surface area contributed by atoms with Crippen LogP contribution >= 0.6 is 23.2 Å². The number of carbonyl (C=O) groups is 2. The molecule has 1 aromatic carbocycles. The molecule has 0 bridgehead atoms. The van der Waals surface area contributed by atoms with Gasteiger partial charge < -0.3 is 15.0 Å². The highest BCUT2D eigenvalue weighted by Gasteiger charge is 2.23. The van der Waals surface area contributed by atoms with E-state index in [4.69, 9.17) is 27.9 Å². The fourth-order valence-electron chi connectivity index (χ4n) is 2.77. The maximum Gasteiger partial charge on any atom is 0.222 e. The van der Waals surface area contributed by atoms with Crippen LogP contribution in [-0.2, 0) is 9.59 Å². The Morgan fingerprint density at radius 2 is 2.17 bits per heavy atom. The zero-order valence-electron chi connectivity index (χ0n) is 13.7. The number of benzene rings is 1. The van der Waals surface area contributed by atoms with Crippen LogP contribution < -0.4 is 10.1 Å². The lowest BCUT2D eigenvalue weighted by molar-refractivity contribution is -0.133. The lowest BCUT2D eigenvalue weighted by Crippen LogP contribution is -2.49. The second kappa shape index (κ2) is 9.14. The van der Waals surface area contributed by atoms with Crippen LogP contribution in [0.25, 0.3) is 0 Å². The molecule has 0 aliphatic carbocycles. The number of ether oxygens (including phenoxy) is 1. The van der Waals surface area contributed by atoms with Gasteiger partial charge in [-0.15, -0.1) is 0 Å². The first kappa shape index (κ1) is 18.9. The molecule has 1 fully saturated rings. The van der Waals surface area contributed by atoms with Gasteiger partial charge in [0, 0.05) is 32.5 Å². The highest BCUT2D eigenvalue weighted by molar-refractivity contribution is 6.42. The molecule has 1 unspecified atom stereocenters. The van der Waals surface area contributed by atoms with Gasteiger partial charge >= 0.3 is 0 Å². The summed E-state index contributed by atoms with van der Waals surface area (Å²) in [7, 11) is 0. The largest absolute Gasteiger partial charge is 0.492 e. The minimum absolute atomic E-state index is 0.0545. The number of nitrogens with zero attached hydrogens (tertiary/aromatic N) is 1. The third-order valence-corrected chi connectivity index (χ3v) is 4.69. The third-order valence-electron chi connectivity index (χ3n) is 3.89. The minimum Gasteiger partial charge on any atom is -0.492 e. The van der Waals surface area contributed by atoms with Crippen LogP contribution in [0.15, 0.2) is 18.2 Å². The van der Waals surface area contributed by atoms with Crippen molar-refractivity contribution in [3.63, 3.8) is 0 Å². The van der Waals surface area contributed by atoms with Gasteiger partial charge in [-0.3, -0.25) is 9.59 Å². The van der Waals surface area contributed by atoms with Gasteiger partial charge in [-0.1, -0.05) is 29.3 Å². The molecule has 24 heavy (non-hydrogen) atoms. The monoisotopic (exact) mass is 372 g/mol. The molecular formula is C17H22Cl2N2O3. The van der Waals surface area contributed by atoms with E-state index >= 15 is 0 Å². The molecule has 1 aliphatic rings. The van der Waals surface area contributed by atoms with Crippen molar-refractivity contribution in [3.05, 3.63) is 28.2 Å². The molecule has 132 valence electrons. The fraction of sp³-hybridized carbons (Fsp3) is 0.529. The van der Waals surface area contributed by atoms with E-state index in [0.717, 1.165) is 19.4 Å². The van der Waals surface area contributed by atoms with Crippen LogP contribution in [-0.4, -0.2) is 42.5 Å². The van der Waals surface area contributed by atoms with Crippen LogP contribution in [0.3, 0.4) is 0 Å². The van der Waals surface area contributed by atoms with Crippen molar-refractivity contribution in [2.24, 2.45) is 0 Å². The van der Waals surface area contributed by atoms with Gasteiger partial charge in [0.25, 0.3) is 0 Å². The van der Waals surface area contributed by atoms with E-state index in [2.05, 4.69) is 5.32 Å². The number of hydrogen-bond acceptors (Lipinski definition) is 3. The zero-order chi connectivity index (χ0) is 17.5. The molecule has 0 saturated carbocycles. The molecule has 0 aromatic heterocycles. The Morgan fingerprint density at radius 3 is 2.92 bits per heavy atom. The Balaban J connectivity index is 1.73. The molecule has 1 heterocycles. The van der Waals surface area contributed by atoms with Crippen LogP contribution in [0, 0.1) is 0 Å². The average Bonchev–Trinajstić information content (AvgIpc) is 2.54. The van der Waals surface area contributed by atoms with Crippen molar-refractivity contribution in [2.75, 3.05) is 19.7 Å². The lowest BCUT2D eigenvalue weighted by Gasteiger charge is -2.33. The smallest absolute Gasteiger partial charge is 0.222 e. The molecule has 2 rings (SSSR count). The maximum atomic E-state index is 12.3. The van der Waals surface area contributed by atoms with Gasteiger partial charge in [-0.25, -0.2) is 0 Å². The number of likely N-dealkylation sites (tertiary alicyclic amines) is 1. The van der Waals surface area contributed by atoms with Crippen molar-refractivity contribution in [2.45, 2.75) is 38.6 Å². The van der Waals surface area contributed by atoms with Crippen molar-refractivity contribution in [3.8, 4) is 5.75 Å². The van der Waals surface area contributed by atoms with Gasteiger partial charge in [0.1, 0.15) is 10.8 Å². The summed E-state index contributed by atoms with van der Waals surface area (Å²) in [5, 5.41) is 3.72. The van der Waals surface area contributed by atoms with E-state index in [9.17, 15) is 9.59 Å². The van der Waals surface area contributed by atoms with E-state index in [1.54, 1.807) is 18.2 Å². The molecule has 0 spiro atoms. The Morgan fingerprint density at radius 1 is 1.38 bits per heavy atom. The number of rotatable bonds is 6. The maximum absolute atomic E-state index is 12.3. The Kier molecular flexibility index (Phi) is 7.18. The molecule has 2 amide bonds. The summed E-state index contributed by atoms with van der Waals surface area (Å²) < 4.78 is 5.58. The molecular weight excluding hydrogens is 351 g/mol. The first-order valence-corrected chi connectivity index (χ1v) is 8.84. The molecule has 1 aromatic rings. The molecule has 1 aliphatic heterocycles. The second-order valence-corrected chi connectivity index (χ2v) is 6.67. The summed E-state index contributed by atoms with van der Waals surface area (Å²) in [5.74, 6) is 0.562. The molecule has 0 radical (unpaired) electrons. The summed E-state index contributed by atoms with van der Waals surface area (Å²) in [6.07, 6.45) is 2.83. The van der Waals surface area contributed by atoms with Crippen LogP contribution in [0.2, 0.25) is 10.0 Å². The van der Waals surface area contributed by atoms with Crippen LogP contribution in [0.1, 0.15) is 32.6 Å². The SMILES string of the molecule is CC(=O)NC1CCCN(C(=O)CCCOc2cccc(Cl)c2Cl)C1. The van der Waals surface area contributed by atoms with E-state index in [-0.39, 0.29) is 17.9 Å². The molecule has 1 atom stereocenters. The van der Waals surface area contributed by atoms with E-state index in [1.807, 2.05) is 4.90 Å². The van der Waals surface area contributed by atoms with E-state index < -0.39 is 0 Å². The first-order chi connectivity index (χ1) is 11.5. The highest BCUT2D eigenvalue weighted by atomic mass is 35.5. The predicted molar refractivity (Wildman–Crippen MR) is 94.6 cm³/mol. The number of carbonyl (C=O) groups excluding carboxylic acids is 2. The lowest BCUT2D eigenvalue weighted by atomic mass is 10.1. The average molecular weight is 373 g/mol. The number of halogens is 2. The Labute approximate surface area is 152 Å². The standard InChI is InChI=1S/C17H22Cl2N2O3/c1-12(22)20-13-5-3-9-21(11-13)16(23)8-4-10-24-15-7-2-6-14(18)17(15)19/h2,6-7,13H,3-5,8-11H2,1H3,(H,20,22). The second-order valence-electron chi connectivity index (χ2n) is 5.88. The fourth-order valence-corrected chi connectivity index (χ4v) is 3.11. The van der Waals surface area contributed by atoms with Gasteiger partial charge in [0.05, 0.1) is 11.6 Å². The van der Waals surface area contributed by atoms with Crippen LogP contribution in [0.5, 0.6) is 5.75 Å². The summed E-state index contributed by atoms with van der Waals surface area (Å²) in [6.45, 7) is 3.23. The van der Waals surface area contributed by atoms with Crippen molar-refractivity contribution in [1.29, 1.82) is 0 Å². The Bertz CT molecular complexity index is 595. The van der Waals surface area contributed by atoms with Crippen molar-refractivity contribution < 1.29 is 14.3 Å². The predicted octanol–water partition coefficient (Wildman–Crippen LogP) is 3.28. The molecule has 1 saturated heterocycles. The zero-order valence-corrected chi connectivity index (χ0v) is 15.2. The summed E-state index contributed by atoms with van der Waals surface area (Å²) in [6, 6.07) is 5.27. The molecule has 7 heteroatoms. The third kappa shape index (κ3) is 5.56. The first-order valence-electron chi connectivity index (χ1n) is 8.09. The number of piperidine rings is 1. The molecule has 1 N–H and O–H groups in total. The van der Waals surface area contributed by atoms with Gasteiger partial charge in [-0.05, 0) is 31.4 Å². The Hall–Kier alpha value is -1.46. The topological polar surface area (TPSA) is 58.6 Å². The summed E-state index contributed by atoms with van der Waals surface area (Å²) in [5.41, 5.74) is 0. The summed E-state index contributed by atoms with van der Waals surface area (Å²) in [4.78, 5) is 25.2. The van der Waals surface area contributed by atoms with Gasteiger partial charge in [0.2, 0.25) is 11.8 Å². The van der Waals surface area contributed by atoms with Crippen molar-refractivity contribution >= 4 is 35.0 Å².